The molecule has 0 N–H and O–H groups in total. The second-order valence-corrected chi connectivity index (χ2v) is 24.9. The highest BCUT2D eigenvalue weighted by atomic mass is 14.4. The van der Waals surface area contributed by atoms with Crippen LogP contribution >= 0.6 is 0 Å². The minimum atomic E-state index is 0. The molecule has 0 atom stereocenters. The van der Waals surface area contributed by atoms with Crippen LogP contribution in [0.4, 0.5) is 0 Å². The smallest absolute Gasteiger partial charge is 0 e. The van der Waals surface area contributed by atoms with Crippen LogP contribution in [0, 0.1) is 88.8 Å². The van der Waals surface area contributed by atoms with Gasteiger partial charge in [0.2, 0.25) is 0 Å². The van der Waals surface area contributed by atoms with Crippen LogP contribution in [0.5, 0.6) is 0 Å². The van der Waals surface area contributed by atoms with Gasteiger partial charge in [0, 0.05) is 8.56 Å². The van der Waals surface area contributed by atoms with Crippen LogP contribution in [-0.2, 0) is 0 Å². The maximum Gasteiger partial charge on any atom is 0 e. The summed E-state index contributed by atoms with van der Waals surface area (Å²) < 4.78 is 0. The van der Waals surface area contributed by atoms with Gasteiger partial charge < -0.3 is 0 Å². The van der Waals surface area contributed by atoms with E-state index in [0.29, 0.717) is 0 Å². The summed E-state index contributed by atoms with van der Waals surface area (Å²) >= 11 is 0. The molecule has 0 saturated heterocycles. The Balaban J connectivity index is 0.000000504. The zero-order valence-electron chi connectivity index (χ0n) is 43.1. The maximum atomic E-state index is 2.62. The van der Waals surface area contributed by atoms with Gasteiger partial charge in [-0.05, 0) is 251 Å². The van der Waals surface area contributed by atoms with Gasteiger partial charge in [-0.1, -0.05) is 151 Å². The molecule has 0 heteroatoms. The molecule has 9 aliphatic rings. The molecule has 9 fully saturated rings. The zero-order valence-corrected chi connectivity index (χ0v) is 43.1. The van der Waals surface area contributed by atoms with Gasteiger partial charge in [0.25, 0.3) is 0 Å². The van der Waals surface area contributed by atoms with Gasteiger partial charge in [0.15, 0.2) is 0 Å². The van der Waals surface area contributed by atoms with Crippen molar-refractivity contribution in [1.29, 1.82) is 0 Å². The van der Waals surface area contributed by atoms with Crippen molar-refractivity contribution in [3.8, 4) is 0 Å². The predicted octanol–water partition coefficient (Wildman–Crippen LogP) is 21.9. The highest BCUT2D eigenvalue weighted by Crippen LogP contribution is 2.47. The largest absolute Gasteiger partial charge is 0.0914 e. The molecule has 9 saturated carbocycles. The van der Waals surface area contributed by atoms with Gasteiger partial charge in [0.1, 0.15) is 0 Å². The standard InChI is InChI=1S/C22H38.C22H36.C20H34.6H2/c2*1-2-5-18-8-10-19(11-9-18)12-13-20-14-16-22(17-15-20)21-6-3-4-7-21;1-2-5-16-8-10-18(11-9-16)20-14-12-19(13-15-20)17-6-3-4-7-17;;;;;;/h2,5,18-22H,3-4,6-17H2,1H3;2,5,12-13,18-22H,3-4,6-11,14-17H2,1H3;2,5,16-20H,3-4,6-15H2,1H3;6*1H/b5-2+;5-2+,13-12+;5-2+;;;;;;. The Morgan fingerprint density at radius 3 is 0.703 bits per heavy atom. The van der Waals surface area contributed by atoms with E-state index >= 15 is 0 Å². The third-order valence-corrected chi connectivity index (χ3v) is 20.9. The number of hydrogen-bond donors (Lipinski definition) is 0. The monoisotopic (exact) mass is 889 g/mol. The normalized spacial score (nSPS) is 38.8. The van der Waals surface area contributed by atoms with Gasteiger partial charge >= 0.3 is 0 Å². The molecule has 0 aromatic heterocycles. The predicted molar refractivity (Wildman–Crippen MR) is 294 cm³/mol. The van der Waals surface area contributed by atoms with Crippen molar-refractivity contribution in [1.82, 2.24) is 0 Å². The molecular formula is C64H120. The molecule has 0 spiro atoms. The summed E-state index contributed by atoms with van der Waals surface area (Å²) in [5.74, 6) is 15.5. The lowest BCUT2D eigenvalue weighted by molar-refractivity contribution is 0.132. The molecule has 0 aromatic rings. The van der Waals surface area contributed by atoms with E-state index in [9.17, 15) is 0 Å². The average Bonchev–Trinajstić information content (AvgIpc) is 4.19. The van der Waals surface area contributed by atoms with Crippen LogP contribution in [0.3, 0.4) is 0 Å². The molecule has 376 valence electrons. The van der Waals surface area contributed by atoms with Crippen molar-refractivity contribution in [2.75, 3.05) is 0 Å². The molecule has 64 heavy (non-hydrogen) atoms. The van der Waals surface area contributed by atoms with E-state index in [2.05, 4.69) is 69.4 Å². The molecule has 0 amide bonds. The van der Waals surface area contributed by atoms with Crippen molar-refractivity contribution in [3.05, 3.63) is 48.6 Å². The molecule has 0 heterocycles. The summed E-state index contributed by atoms with van der Waals surface area (Å²) in [6, 6.07) is 0. The fourth-order valence-electron chi connectivity index (χ4n) is 16.7. The molecule has 0 unspecified atom stereocenters. The third-order valence-electron chi connectivity index (χ3n) is 20.9. The van der Waals surface area contributed by atoms with E-state index in [1.54, 1.807) is 103 Å². The highest BCUT2D eigenvalue weighted by molar-refractivity contribution is 4.99. The molecule has 0 bridgehead atoms. The zero-order chi connectivity index (χ0) is 44.2. The van der Waals surface area contributed by atoms with E-state index in [-0.39, 0.29) is 8.56 Å². The fourth-order valence-corrected chi connectivity index (χ4v) is 16.7. The van der Waals surface area contributed by atoms with Crippen molar-refractivity contribution in [3.63, 3.8) is 0 Å². The maximum absolute atomic E-state index is 2.62. The van der Waals surface area contributed by atoms with E-state index in [1.165, 1.54) is 141 Å². The Morgan fingerprint density at radius 2 is 0.422 bits per heavy atom. The summed E-state index contributed by atoms with van der Waals surface area (Å²) in [6.07, 6.45) is 77.0. The van der Waals surface area contributed by atoms with E-state index in [4.69, 9.17) is 0 Å². The summed E-state index contributed by atoms with van der Waals surface area (Å²) in [4.78, 5) is 0. The minimum Gasteiger partial charge on any atom is -0.0914 e. The average molecular weight is 890 g/mol. The molecule has 0 nitrogen and oxygen atoms in total. The SMILES string of the molecule is C/C=C/C1CCC(/C=C/C2CCC(C3CCCC3)CC2)CC1.C/C=C/C1CCC(C2CCC(C3CCCC3)CC2)CC1.C/C=C/C1CCC(CCC2CCC(C3CCCC3)CC2)CC1.[HH].[HH].[HH].[HH].[HH].[HH]. The molecule has 9 aliphatic carbocycles. The van der Waals surface area contributed by atoms with Gasteiger partial charge in [-0.15, -0.1) is 0 Å². The van der Waals surface area contributed by atoms with Crippen LogP contribution in [0.1, 0.15) is 273 Å². The summed E-state index contributed by atoms with van der Waals surface area (Å²) in [5.41, 5.74) is 0. The van der Waals surface area contributed by atoms with Gasteiger partial charge in [-0.3, -0.25) is 0 Å². The highest BCUT2D eigenvalue weighted by Gasteiger charge is 2.35. The van der Waals surface area contributed by atoms with Crippen molar-refractivity contribution < 1.29 is 8.56 Å². The second-order valence-electron chi connectivity index (χ2n) is 24.9. The topological polar surface area (TPSA) is 0 Å². The Hall–Kier alpha value is -1.04. The number of allylic oxidation sites excluding steroid dienone is 8. The molecular weight excluding hydrogens is 769 g/mol. The molecule has 9 rings (SSSR count). The number of hydrogen-bond acceptors (Lipinski definition) is 0. The lowest BCUT2D eigenvalue weighted by Gasteiger charge is -2.39. The van der Waals surface area contributed by atoms with Gasteiger partial charge in [-0.25, -0.2) is 0 Å². The van der Waals surface area contributed by atoms with E-state index in [0.717, 1.165) is 88.8 Å². The van der Waals surface area contributed by atoms with E-state index in [1.807, 2.05) is 0 Å². The van der Waals surface area contributed by atoms with Crippen LogP contribution in [0.25, 0.3) is 0 Å². The summed E-state index contributed by atoms with van der Waals surface area (Å²) in [7, 11) is 0. The van der Waals surface area contributed by atoms with Gasteiger partial charge in [-0.2, -0.15) is 0 Å². The van der Waals surface area contributed by atoms with Gasteiger partial charge in [0.05, 0.1) is 0 Å². The molecule has 0 radical (unpaired) electrons. The Morgan fingerprint density at radius 1 is 0.234 bits per heavy atom. The van der Waals surface area contributed by atoms with Crippen LogP contribution in [0.2, 0.25) is 0 Å². The van der Waals surface area contributed by atoms with Crippen molar-refractivity contribution >= 4 is 0 Å². The lowest BCUT2D eigenvalue weighted by atomic mass is 9.67. The minimum absolute atomic E-state index is 0. The third kappa shape index (κ3) is 16.6. The first-order chi connectivity index (χ1) is 31.6. The van der Waals surface area contributed by atoms with Crippen LogP contribution in [0.15, 0.2) is 48.6 Å². The second kappa shape index (κ2) is 28.5. The first kappa shape index (κ1) is 50.8. The first-order valence-electron chi connectivity index (χ1n) is 30.1. The van der Waals surface area contributed by atoms with Crippen molar-refractivity contribution in [2.45, 2.75) is 265 Å². The van der Waals surface area contributed by atoms with Crippen LogP contribution < -0.4 is 0 Å². The fraction of sp³-hybridized carbons (Fsp3) is 0.875. The summed E-state index contributed by atoms with van der Waals surface area (Å²) in [6.45, 7) is 6.51. The Kier molecular flexibility index (Phi) is 22.6. The lowest BCUT2D eigenvalue weighted by Crippen LogP contribution is -2.27. The summed E-state index contributed by atoms with van der Waals surface area (Å²) in [5, 5.41) is 0. The Bertz CT molecular complexity index is 1320. The quantitative estimate of drug-likeness (QED) is 0.171. The number of rotatable bonds is 12. The Labute approximate surface area is 409 Å². The van der Waals surface area contributed by atoms with Crippen LogP contribution in [-0.4, -0.2) is 0 Å². The molecule has 0 aliphatic heterocycles. The van der Waals surface area contributed by atoms with Crippen molar-refractivity contribution in [2.24, 2.45) is 88.8 Å². The van der Waals surface area contributed by atoms with E-state index < -0.39 is 0 Å². The first-order valence-corrected chi connectivity index (χ1v) is 30.1. The molecule has 0 aromatic carbocycles.